The molecule has 2 heterocycles. The Kier molecular flexibility index (Phi) is 8.81. The van der Waals surface area contributed by atoms with E-state index in [0.29, 0.717) is 30.8 Å². The standard InChI is InChI=1S/C34H30F3N3O2/c35-34(36,37)29-16-13-25(14-17-29)15-18-32(41)40(24-30-12-6-7-20-38-30)31(22-26-8-2-1-3-9-26)33(42)39-21-19-27-10-4-5-11-28(27)23-39/h1-18,20,31H,19,21-24H2/b18-15+/t31-/m0/s1. The van der Waals surface area contributed by atoms with E-state index in [1.54, 1.807) is 23.2 Å². The molecule has 0 radical (unpaired) electrons. The summed E-state index contributed by atoms with van der Waals surface area (Å²) in [7, 11) is 0. The normalized spacial score (nSPS) is 13.9. The average molecular weight is 570 g/mol. The van der Waals surface area contributed by atoms with E-state index in [9.17, 15) is 22.8 Å². The van der Waals surface area contributed by atoms with Crippen molar-refractivity contribution >= 4 is 17.9 Å². The van der Waals surface area contributed by atoms with Crippen LogP contribution in [-0.4, -0.2) is 39.2 Å². The molecule has 0 saturated heterocycles. The van der Waals surface area contributed by atoms with Gasteiger partial charge < -0.3 is 9.80 Å². The summed E-state index contributed by atoms with van der Waals surface area (Å²) >= 11 is 0. The van der Waals surface area contributed by atoms with Crippen LogP contribution in [0, 0.1) is 0 Å². The van der Waals surface area contributed by atoms with Gasteiger partial charge in [0.1, 0.15) is 6.04 Å². The zero-order chi connectivity index (χ0) is 29.5. The maximum atomic E-state index is 14.2. The Labute approximate surface area is 242 Å². The zero-order valence-corrected chi connectivity index (χ0v) is 22.9. The van der Waals surface area contributed by atoms with E-state index in [0.717, 1.165) is 29.7 Å². The molecule has 0 spiro atoms. The van der Waals surface area contributed by atoms with Crippen LogP contribution >= 0.6 is 0 Å². The molecule has 5 rings (SSSR count). The van der Waals surface area contributed by atoms with Crippen molar-refractivity contribution < 1.29 is 22.8 Å². The first-order valence-electron chi connectivity index (χ1n) is 13.7. The summed E-state index contributed by atoms with van der Waals surface area (Å²) in [5, 5.41) is 0. The fraction of sp³-hybridized carbons (Fsp3) is 0.206. The highest BCUT2D eigenvalue weighted by molar-refractivity contribution is 5.95. The Morgan fingerprint density at radius 2 is 1.57 bits per heavy atom. The van der Waals surface area contributed by atoms with Crippen molar-refractivity contribution in [3.63, 3.8) is 0 Å². The van der Waals surface area contributed by atoms with Crippen LogP contribution in [0.4, 0.5) is 13.2 Å². The molecule has 2 amide bonds. The van der Waals surface area contributed by atoms with E-state index in [1.807, 2.05) is 54.6 Å². The lowest BCUT2D eigenvalue weighted by molar-refractivity contribution is -0.144. The number of fused-ring (bicyclic) bond motifs is 1. The highest BCUT2D eigenvalue weighted by Gasteiger charge is 2.34. The molecule has 5 nitrogen and oxygen atoms in total. The summed E-state index contributed by atoms with van der Waals surface area (Å²) in [6.07, 6.45) is 0.979. The summed E-state index contributed by atoms with van der Waals surface area (Å²) in [6.45, 7) is 1.08. The van der Waals surface area contributed by atoms with Crippen LogP contribution in [0.3, 0.4) is 0 Å². The van der Waals surface area contributed by atoms with Crippen molar-refractivity contribution in [3.05, 3.63) is 143 Å². The van der Waals surface area contributed by atoms with Gasteiger partial charge in [-0.3, -0.25) is 14.6 Å². The van der Waals surface area contributed by atoms with Gasteiger partial charge in [0.2, 0.25) is 11.8 Å². The molecule has 3 aromatic carbocycles. The Balaban J connectivity index is 1.47. The summed E-state index contributed by atoms with van der Waals surface area (Å²) in [4.78, 5) is 35.8. The minimum absolute atomic E-state index is 0.0880. The SMILES string of the molecule is O=C([C@H](Cc1ccccc1)N(Cc1ccccn1)C(=O)/C=C/c1ccc(C(F)(F)F)cc1)N1CCc2ccccc2C1. The highest BCUT2D eigenvalue weighted by Crippen LogP contribution is 2.29. The predicted octanol–water partition coefficient (Wildman–Crippen LogP) is 6.34. The third-order valence-corrected chi connectivity index (χ3v) is 7.37. The lowest BCUT2D eigenvalue weighted by atomic mass is 9.97. The minimum atomic E-state index is -4.45. The number of carbonyl (C=O) groups excluding carboxylic acids is 2. The molecule has 0 N–H and O–H groups in total. The second-order valence-electron chi connectivity index (χ2n) is 10.2. The largest absolute Gasteiger partial charge is 0.416 e. The number of benzene rings is 3. The molecule has 214 valence electrons. The summed E-state index contributed by atoms with van der Waals surface area (Å²) in [5.41, 5.74) is 3.48. The number of halogens is 3. The van der Waals surface area contributed by atoms with Gasteiger partial charge in [0.25, 0.3) is 0 Å². The fourth-order valence-corrected chi connectivity index (χ4v) is 5.12. The van der Waals surface area contributed by atoms with Gasteiger partial charge in [-0.05, 0) is 59.0 Å². The van der Waals surface area contributed by atoms with Crippen molar-refractivity contribution in [2.75, 3.05) is 6.54 Å². The summed E-state index contributed by atoms with van der Waals surface area (Å²) in [5.74, 6) is -0.604. The first-order valence-corrected chi connectivity index (χ1v) is 13.7. The molecule has 0 bridgehead atoms. The van der Waals surface area contributed by atoms with Crippen molar-refractivity contribution in [1.29, 1.82) is 0 Å². The molecular formula is C34H30F3N3O2. The maximum absolute atomic E-state index is 14.2. The van der Waals surface area contributed by atoms with E-state index < -0.39 is 23.7 Å². The molecule has 0 saturated carbocycles. The number of amides is 2. The Bertz CT molecular complexity index is 1540. The van der Waals surface area contributed by atoms with Gasteiger partial charge in [-0.25, -0.2) is 0 Å². The smallest absolute Gasteiger partial charge is 0.336 e. The zero-order valence-electron chi connectivity index (χ0n) is 22.9. The van der Waals surface area contributed by atoms with Crippen LogP contribution in [0.1, 0.15) is 33.5 Å². The minimum Gasteiger partial charge on any atom is -0.336 e. The lowest BCUT2D eigenvalue weighted by Gasteiger charge is -2.36. The Morgan fingerprint density at radius 3 is 2.26 bits per heavy atom. The molecule has 1 aliphatic heterocycles. The van der Waals surface area contributed by atoms with Crippen molar-refractivity contribution in [2.45, 2.75) is 38.1 Å². The molecule has 0 unspecified atom stereocenters. The van der Waals surface area contributed by atoms with Crippen LogP contribution in [0.5, 0.6) is 0 Å². The molecule has 0 aliphatic carbocycles. The molecule has 42 heavy (non-hydrogen) atoms. The Morgan fingerprint density at radius 1 is 0.881 bits per heavy atom. The summed E-state index contributed by atoms with van der Waals surface area (Å²) < 4.78 is 39.0. The maximum Gasteiger partial charge on any atom is 0.416 e. The van der Waals surface area contributed by atoms with E-state index in [1.165, 1.54) is 34.7 Å². The van der Waals surface area contributed by atoms with Crippen LogP contribution < -0.4 is 0 Å². The van der Waals surface area contributed by atoms with Gasteiger partial charge in [0.15, 0.2) is 0 Å². The third-order valence-electron chi connectivity index (χ3n) is 7.37. The van der Waals surface area contributed by atoms with Crippen LogP contribution in [-0.2, 0) is 41.7 Å². The molecule has 8 heteroatoms. The number of pyridine rings is 1. The number of rotatable bonds is 8. The van der Waals surface area contributed by atoms with Crippen molar-refractivity contribution in [1.82, 2.24) is 14.8 Å². The lowest BCUT2D eigenvalue weighted by Crippen LogP contribution is -2.52. The second kappa shape index (κ2) is 12.9. The quantitative estimate of drug-likeness (QED) is 0.233. The molecule has 1 aromatic heterocycles. The van der Waals surface area contributed by atoms with Gasteiger partial charge in [-0.2, -0.15) is 13.2 Å². The first-order chi connectivity index (χ1) is 20.3. The van der Waals surface area contributed by atoms with E-state index in [4.69, 9.17) is 0 Å². The highest BCUT2D eigenvalue weighted by atomic mass is 19.4. The average Bonchev–Trinajstić information content (AvgIpc) is 3.01. The number of aromatic nitrogens is 1. The molecule has 1 aliphatic rings. The Hall–Kier alpha value is -4.72. The molecule has 1 atom stereocenters. The fourth-order valence-electron chi connectivity index (χ4n) is 5.12. The van der Waals surface area contributed by atoms with Gasteiger partial charge in [0, 0.05) is 31.8 Å². The number of alkyl halides is 3. The van der Waals surface area contributed by atoms with Gasteiger partial charge in [-0.15, -0.1) is 0 Å². The van der Waals surface area contributed by atoms with Crippen LogP contribution in [0.2, 0.25) is 0 Å². The van der Waals surface area contributed by atoms with Crippen molar-refractivity contribution in [2.24, 2.45) is 0 Å². The van der Waals surface area contributed by atoms with Crippen LogP contribution in [0.15, 0.2) is 109 Å². The van der Waals surface area contributed by atoms with E-state index in [2.05, 4.69) is 11.1 Å². The van der Waals surface area contributed by atoms with Crippen LogP contribution in [0.25, 0.3) is 6.08 Å². The van der Waals surface area contributed by atoms with E-state index >= 15 is 0 Å². The number of carbonyl (C=O) groups is 2. The summed E-state index contributed by atoms with van der Waals surface area (Å²) in [6, 6.07) is 26.7. The van der Waals surface area contributed by atoms with Gasteiger partial charge >= 0.3 is 6.18 Å². The molecule has 4 aromatic rings. The second-order valence-corrected chi connectivity index (χ2v) is 10.2. The van der Waals surface area contributed by atoms with Crippen molar-refractivity contribution in [3.8, 4) is 0 Å². The number of hydrogen-bond acceptors (Lipinski definition) is 3. The number of nitrogens with zero attached hydrogens (tertiary/aromatic N) is 3. The topological polar surface area (TPSA) is 53.5 Å². The molecule has 0 fully saturated rings. The number of hydrogen-bond donors (Lipinski definition) is 0. The third kappa shape index (κ3) is 7.13. The first kappa shape index (κ1) is 28.8. The monoisotopic (exact) mass is 569 g/mol. The van der Waals surface area contributed by atoms with Gasteiger partial charge in [-0.1, -0.05) is 72.8 Å². The van der Waals surface area contributed by atoms with Gasteiger partial charge in [0.05, 0.1) is 17.8 Å². The predicted molar refractivity (Wildman–Crippen MR) is 155 cm³/mol. The molecular weight excluding hydrogens is 539 g/mol. The van der Waals surface area contributed by atoms with E-state index in [-0.39, 0.29) is 12.5 Å².